The van der Waals surface area contributed by atoms with Gasteiger partial charge in [0, 0.05) is 17.7 Å². The maximum absolute atomic E-state index is 5.41. The van der Waals surface area contributed by atoms with Crippen LogP contribution in [0.2, 0.25) is 0 Å². The average molecular weight is 423 g/mol. The summed E-state index contributed by atoms with van der Waals surface area (Å²) in [7, 11) is 3.19. The number of hydrogen-bond donors (Lipinski definition) is 1. The fourth-order valence-electron chi connectivity index (χ4n) is 3.03. The molecule has 0 aliphatic heterocycles. The van der Waals surface area contributed by atoms with Crippen molar-refractivity contribution < 1.29 is 14.0 Å². The van der Waals surface area contributed by atoms with Gasteiger partial charge >= 0.3 is 0 Å². The molecule has 4 aromatic rings. The van der Waals surface area contributed by atoms with Gasteiger partial charge in [-0.25, -0.2) is 4.98 Å². The number of thioether (sulfide) groups is 1. The first-order valence-corrected chi connectivity index (χ1v) is 10.4. The SMILES string of the molecule is COc1ccc(-c2noc(CSc3nc(Cc4ccccc4)c(C)[nH]3)n2)cc1OC. The molecule has 2 aromatic heterocycles. The third-order valence-electron chi connectivity index (χ3n) is 4.62. The molecular weight excluding hydrogens is 400 g/mol. The lowest BCUT2D eigenvalue weighted by molar-refractivity contribution is 0.355. The molecule has 1 N–H and O–H groups in total. The van der Waals surface area contributed by atoms with E-state index in [1.165, 1.54) is 17.3 Å². The van der Waals surface area contributed by atoms with Gasteiger partial charge in [-0.05, 0) is 30.7 Å². The Balaban J connectivity index is 1.42. The van der Waals surface area contributed by atoms with Gasteiger partial charge in [0.2, 0.25) is 11.7 Å². The molecule has 2 aromatic carbocycles. The minimum Gasteiger partial charge on any atom is -0.493 e. The summed E-state index contributed by atoms with van der Waals surface area (Å²) in [5.41, 5.74) is 4.14. The topological polar surface area (TPSA) is 86.1 Å². The van der Waals surface area contributed by atoms with Crippen LogP contribution in [0.5, 0.6) is 11.5 Å². The average Bonchev–Trinajstić information content (AvgIpc) is 3.39. The second-order valence-electron chi connectivity index (χ2n) is 6.65. The van der Waals surface area contributed by atoms with Crippen LogP contribution in [0.25, 0.3) is 11.4 Å². The highest BCUT2D eigenvalue weighted by Crippen LogP contribution is 2.31. The highest BCUT2D eigenvalue weighted by Gasteiger charge is 2.14. The van der Waals surface area contributed by atoms with E-state index in [4.69, 9.17) is 19.0 Å². The molecule has 0 fully saturated rings. The van der Waals surface area contributed by atoms with E-state index in [1.54, 1.807) is 14.2 Å². The predicted octanol–water partition coefficient (Wildman–Crippen LogP) is 4.67. The van der Waals surface area contributed by atoms with E-state index in [-0.39, 0.29) is 0 Å². The maximum atomic E-state index is 5.41. The summed E-state index contributed by atoms with van der Waals surface area (Å²) < 4.78 is 16.0. The van der Waals surface area contributed by atoms with Crippen LogP contribution in [0.1, 0.15) is 22.8 Å². The fourth-order valence-corrected chi connectivity index (χ4v) is 3.81. The van der Waals surface area contributed by atoms with E-state index in [1.807, 2.05) is 43.3 Å². The van der Waals surface area contributed by atoms with Crippen LogP contribution in [0, 0.1) is 6.92 Å². The molecule has 0 bridgehead atoms. The van der Waals surface area contributed by atoms with Gasteiger partial charge in [-0.1, -0.05) is 47.3 Å². The number of aromatic nitrogens is 4. The van der Waals surface area contributed by atoms with Crippen LogP contribution < -0.4 is 9.47 Å². The van der Waals surface area contributed by atoms with Crippen molar-refractivity contribution in [3.63, 3.8) is 0 Å². The van der Waals surface area contributed by atoms with Gasteiger partial charge in [-0.2, -0.15) is 4.98 Å². The lowest BCUT2D eigenvalue weighted by Gasteiger charge is -2.07. The number of nitrogens with zero attached hydrogens (tertiary/aromatic N) is 3. The number of H-pyrrole nitrogens is 1. The Labute approximate surface area is 178 Å². The predicted molar refractivity (Wildman–Crippen MR) is 115 cm³/mol. The van der Waals surface area contributed by atoms with E-state index in [2.05, 4.69) is 27.3 Å². The standard InChI is InChI=1S/C22H22N4O3S/c1-14-17(11-15-7-5-4-6-8-15)24-22(23-14)30-13-20-25-21(26-29-20)16-9-10-18(27-2)19(12-16)28-3/h4-10,12H,11,13H2,1-3H3,(H,23,24). The first kappa shape index (κ1) is 20.0. The van der Waals surface area contributed by atoms with Crippen LogP contribution in [0.3, 0.4) is 0 Å². The van der Waals surface area contributed by atoms with E-state index in [0.29, 0.717) is 29.0 Å². The molecule has 8 heteroatoms. The molecule has 0 atom stereocenters. The Morgan fingerprint density at radius 1 is 1.00 bits per heavy atom. The second kappa shape index (κ2) is 9.04. The Hall–Kier alpha value is -3.26. The van der Waals surface area contributed by atoms with Gasteiger partial charge in [-0.15, -0.1) is 0 Å². The number of methoxy groups -OCH3 is 2. The van der Waals surface area contributed by atoms with Crippen molar-refractivity contribution in [2.75, 3.05) is 14.2 Å². The van der Waals surface area contributed by atoms with Gasteiger partial charge in [0.25, 0.3) is 0 Å². The number of benzene rings is 2. The number of hydrogen-bond acceptors (Lipinski definition) is 7. The number of ether oxygens (including phenoxy) is 2. The second-order valence-corrected chi connectivity index (χ2v) is 7.61. The van der Waals surface area contributed by atoms with Crippen molar-refractivity contribution in [2.24, 2.45) is 0 Å². The zero-order valence-electron chi connectivity index (χ0n) is 17.0. The maximum Gasteiger partial charge on any atom is 0.237 e. The third kappa shape index (κ3) is 4.49. The molecule has 0 unspecified atom stereocenters. The molecule has 0 amide bonds. The summed E-state index contributed by atoms with van der Waals surface area (Å²) in [6, 6.07) is 15.8. The van der Waals surface area contributed by atoms with E-state index in [9.17, 15) is 0 Å². The Morgan fingerprint density at radius 2 is 1.80 bits per heavy atom. The van der Waals surface area contributed by atoms with Crippen LogP contribution in [-0.4, -0.2) is 34.3 Å². The monoisotopic (exact) mass is 422 g/mol. The van der Waals surface area contributed by atoms with Gasteiger partial charge in [-0.3, -0.25) is 0 Å². The van der Waals surface area contributed by atoms with Crippen LogP contribution in [0.15, 0.2) is 58.2 Å². The first-order valence-electron chi connectivity index (χ1n) is 9.43. The zero-order chi connectivity index (χ0) is 20.9. The number of aryl methyl sites for hydroxylation is 1. The molecule has 7 nitrogen and oxygen atoms in total. The third-order valence-corrected chi connectivity index (χ3v) is 5.48. The minimum absolute atomic E-state index is 0.506. The van der Waals surface area contributed by atoms with Crippen molar-refractivity contribution in [1.82, 2.24) is 20.1 Å². The van der Waals surface area contributed by atoms with Gasteiger partial charge < -0.3 is 19.0 Å². The lowest BCUT2D eigenvalue weighted by Crippen LogP contribution is -1.91. The molecule has 0 aliphatic rings. The van der Waals surface area contributed by atoms with E-state index in [0.717, 1.165) is 28.5 Å². The summed E-state index contributed by atoms with van der Waals surface area (Å²) in [5.74, 6) is 2.83. The number of nitrogens with one attached hydrogen (secondary N) is 1. The number of imidazole rings is 1. The molecule has 4 rings (SSSR count). The summed E-state index contributed by atoms with van der Waals surface area (Å²) in [6.07, 6.45) is 0.799. The van der Waals surface area contributed by atoms with E-state index >= 15 is 0 Å². The fraction of sp³-hybridized carbons (Fsp3) is 0.227. The molecule has 0 aliphatic carbocycles. The number of rotatable bonds is 8. The van der Waals surface area contributed by atoms with Gasteiger partial charge in [0.05, 0.1) is 25.7 Å². The molecule has 0 saturated carbocycles. The molecule has 2 heterocycles. The van der Waals surface area contributed by atoms with E-state index < -0.39 is 0 Å². The van der Waals surface area contributed by atoms with Crippen molar-refractivity contribution in [2.45, 2.75) is 24.3 Å². The Kier molecular flexibility index (Phi) is 6.04. The zero-order valence-corrected chi connectivity index (χ0v) is 17.8. The van der Waals surface area contributed by atoms with Gasteiger partial charge in [0.15, 0.2) is 16.7 Å². The van der Waals surface area contributed by atoms with Crippen LogP contribution in [-0.2, 0) is 12.2 Å². The van der Waals surface area contributed by atoms with Crippen molar-refractivity contribution in [1.29, 1.82) is 0 Å². The largest absolute Gasteiger partial charge is 0.493 e. The summed E-state index contributed by atoms with van der Waals surface area (Å²) in [6.45, 7) is 2.04. The Morgan fingerprint density at radius 3 is 2.57 bits per heavy atom. The summed E-state index contributed by atoms with van der Waals surface area (Å²) >= 11 is 1.53. The molecule has 0 radical (unpaired) electrons. The summed E-state index contributed by atoms with van der Waals surface area (Å²) in [4.78, 5) is 12.5. The van der Waals surface area contributed by atoms with Crippen LogP contribution in [0.4, 0.5) is 0 Å². The molecule has 0 spiro atoms. The highest BCUT2D eigenvalue weighted by molar-refractivity contribution is 7.98. The van der Waals surface area contributed by atoms with Crippen molar-refractivity contribution in [3.05, 3.63) is 71.4 Å². The quantitative estimate of drug-likeness (QED) is 0.413. The molecule has 0 saturated heterocycles. The first-order chi connectivity index (χ1) is 14.7. The van der Waals surface area contributed by atoms with Crippen LogP contribution >= 0.6 is 11.8 Å². The summed E-state index contributed by atoms with van der Waals surface area (Å²) in [5, 5.41) is 4.92. The number of aromatic amines is 1. The Bertz CT molecular complexity index is 1120. The molecular formula is C22H22N4O3S. The van der Waals surface area contributed by atoms with Crippen molar-refractivity contribution >= 4 is 11.8 Å². The lowest BCUT2D eigenvalue weighted by atomic mass is 10.1. The molecule has 154 valence electrons. The molecule has 30 heavy (non-hydrogen) atoms. The minimum atomic E-state index is 0.506. The highest BCUT2D eigenvalue weighted by atomic mass is 32.2. The van der Waals surface area contributed by atoms with Crippen molar-refractivity contribution in [3.8, 4) is 22.9 Å². The van der Waals surface area contributed by atoms with Gasteiger partial charge in [0.1, 0.15) is 0 Å². The normalized spacial score (nSPS) is 10.9. The smallest absolute Gasteiger partial charge is 0.237 e.